The molecule has 1 atom stereocenters. The van der Waals surface area contributed by atoms with Gasteiger partial charge in [0.15, 0.2) is 0 Å². The Morgan fingerprint density at radius 2 is 3.12 bits per heavy atom. The Balaban J connectivity index is 2.36. The SMILES string of the molecule is [2H]N1CC2C=NC=C2C1([2H])[2H]. The van der Waals surface area contributed by atoms with Crippen LogP contribution >= 0.6 is 0 Å². The Labute approximate surface area is 52.6 Å². The Bertz CT molecular complexity index is 246. The molecule has 42 valence electrons. The number of aliphatic imine (C=N–C) groups is 1. The zero-order valence-electron chi connectivity index (χ0n) is 7.33. The number of nitrogens with one attached hydrogen (secondary N) is 1. The van der Waals surface area contributed by atoms with Crippen LogP contribution < -0.4 is 5.31 Å². The molecule has 0 bridgehead atoms. The fraction of sp³-hybridized carbons (Fsp3) is 0.500. The van der Waals surface area contributed by atoms with Crippen LogP contribution in [0.2, 0.25) is 1.41 Å². The van der Waals surface area contributed by atoms with E-state index in [4.69, 9.17) is 4.15 Å². The molecule has 0 saturated carbocycles. The van der Waals surface area contributed by atoms with E-state index < -0.39 is 6.50 Å². The number of nitrogens with zero attached hydrogens (tertiary/aromatic N) is 1. The molecule has 2 nitrogen and oxygen atoms in total. The van der Waals surface area contributed by atoms with Crippen molar-refractivity contribution in [2.75, 3.05) is 13.0 Å². The van der Waals surface area contributed by atoms with Crippen LogP contribution in [0.25, 0.3) is 0 Å². The van der Waals surface area contributed by atoms with Gasteiger partial charge < -0.3 is 5.31 Å². The van der Waals surface area contributed by atoms with Crippen LogP contribution in [0.15, 0.2) is 16.8 Å². The molecular weight excluding hydrogens is 100 g/mol. The average molecular weight is 111 g/mol. The molecule has 0 aromatic rings. The zero-order chi connectivity index (χ0) is 8.06. The number of fused-ring (bicyclic) bond motifs is 1. The van der Waals surface area contributed by atoms with Gasteiger partial charge >= 0.3 is 0 Å². The van der Waals surface area contributed by atoms with Crippen LogP contribution in [0.3, 0.4) is 0 Å². The molecule has 1 unspecified atom stereocenters. The number of hydrogen-bond acceptors (Lipinski definition) is 2. The van der Waals surface area contributed by atoms with E-state index in [1.807, 2.05) is 0 Å². The first kappa shape index (κ1) is 2.31. The van der Waals surface area contributed by atoms with E-state index in [0.717, 1.165) is 5.31 Å². The molecule has 1 fully saturated rings. The molecule has 0 amide bonds. The van der Waals surface area contributed by atoms with E-state index in [0.29, 0.717) is 12.1 Å². The van der Waals surface area contributed by atoms with E-state index in [1.165, 1.54) is 6.20 Å². The van der Waals surface area contributed by atoms with Crippen LogP contribution in [-0.2, 0) is 0 Å². The van der Waals surface area contributed by atoms with E-state index in [9.17, 15) is 0 Å². The van der Waals surface area contributed by atoms with Crippen molar-refractivity contribution in [3.05, 3.63) is 11.8 Å². The van der Waals surface area contributed by atoms with Crippen LogP contribution in [0, 0.1) is 5.92 Å². The minimum Gasteiger partial charge on any atom is -0.312 e. The van der Waals surface area contributed by atoms with Gasteiger partial charge in [-0.3, -0.25) is 4.99 Å². The van der Waals surface area contributed by atoms with Gasteiger partial charge in [0, 0.05) is 34.1 Å². The van der Waals surface area contributed by atoms with Crippen molar-refractivity contribution in [1.29, 1.82) is 0 Å². The lowest BCUT2D eigenvalue weighted by Crippen LogP contribution is -2.08. The maximum Gasteiger partial charge on any atom is 0.123 e. The second-order valence-corrected chi connectivity index (χ2v) is 1.94. The molecule has 8 heavy (non-hydrogen) atoms. The van der Waals surface area contributed by atoms with Gasteiger partial charge in [-0.25, -0.2) is 0 Å². The summed E-state index contributed by atoms with van der Waals surface area (Å²) in [7, 11) is 0. The van der Waals surface area contributed by atoms with Crippen LogP contribution in [-0.4, -0.2) is 19.3 Å². The topological polar surface area (TPSA) is 24.4 Å². The minimum absolute atomic E-state index is 0.0301. The summed E-state index contributed by atoms with van der Waals surface area (Å²) in [6.07, 6.45) is 3.22. The molecule has 2 heterocycles. The Kier molecular flexibility index (Phi) is 0.411. The Morgan fingerprint density at radius 3 is 4.00 bits per heavy atom. The van der Waals surface area contributed by atoms with E-state index >= 15 is 0 Å². The van der Waals surface area contributed by atoms with Crippen molar-refractivity contribution >= 4 is 6.21 Å². The molecule has 0 aromatic carbocycles. The average Bonchev–Trinajstić information content (AvgIpc) is 2.41. The normalized spacial score (nSPS) is 47.2. The third-order valence-corrected chi connectivity index (χ3v) is 1.38. The highest BCUT2D eigenvalue weighted by Gasteiger charge is 2.20. The van der Waals surface area contributed by atoms with E-state index in [2.05, 4.69) is 4.99 Å². The molecular formula is C6H8N2. The largest absolute Gasteiger partial charge is 0.312 e. The van der Waals surface area contributed by atoms with Gasteiger partial charge in [0.2, 0.25) is 0 Å². The van der Waals surface area contributed by atoms with Crippen LogP contribution in [0.4, 0.5) is 0 Å². The van der Waals surface area contributed by atoms with Gasteiger partial charge in [0.25, 0.3) is 0 Å². The molecule has 2 aliphatic heterocycles. The molecule has 1 saturated heterocycles. The van der Waals surface area contributed by atoms with Gasteiger partial charge in [-0.2, -0.15) is 0 Å². The fourth-order valence-electron chi connectivity index (χ4n) is 0.896. The molecule has 2 aliphatic rings. The molecule has 0 aliphatic carbocycles. The van der Waals surface area contributed by atoms with E-state index in [1.54, 1.807) is 6.21 Å². The first-order chi connectivity index (χ1) is 5.12. The molecule has 0 aromatic heterocycles. The summed E-state index contributed by atoms with van der Waals surface area (Å²) in [5, 5.41) is 0.967. The standard InChI is InChI=1S/C6H8N2/c1-5-2-8-4-6(5)3-7-1/h1,3,5,8H,2,4H2/i4D2/hD. The lowest BCUT2D eigenvalue weighted by molar-refractivity contribution is 0.816. The molecule has 0 radical (unpaired) electrons. The summed E-state index contributed by atoms with van der Waals surface area (Å²) < 4.78 is 22.2. The fourth-order valence-corrected chi connectivity index (χ4v) is 0.896. The van der Waals surface area contributed by atoms with Crippen molar-refractivity contribution in [2.45, 2.75) is 0 Å². The monoisotopic (exact) mass is 111 g/mol. The second kappa shape index (κ2) is 1.42. The highest BCUT2D eigenvalue weighted by molar-refractivity contribution is 5.70. The highest BCUT2D eigenvalue weighted by atomic mass is 14.9. The predicted octanol–water partition coefficient (Wildman–Crippen LogP) is 0.174. The maximum atomic E-state index is 7.48. The number of hydrogen-bond donors (Lipinski definition) is 1. The van der Waals surface area contributed by atoms with Gasteiger partial charge in [-0.05, 0) is 5.57 Å². The molecule has 0 spiro atoms. The summed E-state index contributed by atoms with van der Waals surface area (Å²) in [5.41, 5.74) is 0.618. The zero-order valence-corrected chi connectivity index (χ0v) is 4.33. The lowest BCUT2D eigenvalue weighted by atomic mass is 10.1. The van der Waals surface area contributed by atoms with Gasteiger partial charge in [0.05, 0.1) is 0 Å². The van der Waals surface area contributed by atoms with Crippen molar-refractivity contribution in [3.8, 4) is 0 Å². The van der Waals surface area contributed by atoms with Gasteiger partial charge in [-0.1, -0.05) is 0 Å². The second-order valence-electron chi connectivity index (χ2n) is 1.94. The molecule has 2 rings (SSSR count). The van der Waals surface area contributed by atoms with Crippen LogP contribution in [0.5, 0.6) is 0 Å². The smallest absolute Gasteiger partial charge is 0.123 e. The van der Waals surface area contributed by atoms with Crippen molar-refractivity contribution < 1.29 is 4.15 Å². The third-order valence-electron chi connectivity index (χ3n) is 1.38. The Hall–Kier alpha value is -0.630. The highest BCUT2D eigenvalue weighted by Crippen LogP contribution is 2.17. The van der Waals surface area contributed by atoms with Crippen molar-refractivity contribution in [2.24, 2.45) is 10.9 Å². The summed E-state index contributed by atoms with van der Waals surface area (Å²) in [6.45, 7) is -1.19. The third kappa shape index (κ3) is 0.434. The maximum absolute atomic E-state index is 7.48. The Morgan fingerprint density at radius 1 is 2.12 bits per heavy atom. The summed E-state index contributed by atoms with van der Waals surface area (Å²) >= 11 is 0. The first-order valence-electron chi connectivity index (χ1n) is 4.07. The predicted molar refractivity (Wildman–Crippen MR) is 32.9 cm³/mol. The lowest BCUT2D eigenvalue weighted by Gasteiger charge is -1.92. The quantitative estimate of drug-likeness (QED) is 0.473. The van der Waals surface area contributed by atoms with Crippen molar-refractivity contribution in [3.63, 3.8) is 0 Å². The minimum atomic E-state index is -1.61. The number of rotatable bonds is 0. The first-order valence-corrected chi connectivity index (χ1v) is 2.63. The van der Waals surface area contributed by atoms with Gasteiger partial charge in [-0.15, -0.1) is 0 Å². The summed E-state index contributed by atoms with van der Waals surface area (Å²) in [5.74, 6) is 0.0301. The van der Waals surface area contributed by atoms with Crippen molar-refractivity contribution in [1.82, 2.24) is 5.31 Å². The van der Waals surface area contributed by atoms with E-state index in [-0.39, 0.29) is 5.92 Å². The summed E-state index contributed by atoms with van der Waals surface area (Å²) in [4.78, 5) is 3.86. The van der Waals surface area contributed by atoms with Gasteiger partial charge in [0.1, 0.15) is 1.41 Å². The molecule has 1 N–H and O–H groups in total. The molecule has 2 heteroatoms. The summed E-state index contributed by atoms with van der Waals surface area (Å²) in [6, 6.07) is 0. The van der Waals surface area contributed by atoms with Crippen LogP contribution in [0.1, 0.15) is 2.74 Å².